The predicted molar refractivity (Wildman–Crippen MR) is 62.9 cm³/mol. The van der Waals surface area contributed by atoms with Crippen molar-refractivity contribution in [2.24, 2.45) is 11.1 Å². The third-order valence-electron chi connectivity index (χ3n) is 1.67. The summed E-state index contributed by atoms with van der Waals surface area (Å²) >= 11 is 0. The monoisotopic (exact) mass is 230 g/mol. The van der Waals surface area contributed by atoms with Gasteiger partial charge in [0.1, 0.15) is 5.60 Å². The quantitative estimate of drug-likeness (QED) is 0.442. The third-order valence-corrected chi connectivity index (χ3v) is 1.67. The molecule has 1 amide bonds. The zero-order valence-corrected chi connectivity index (χ0v) is 10.7. The molecule has 0 unspecified atom stereocenters. The van der Waals surface area contributed by atoms with Gasteiger partial charge in [-0.05, 0) is 33.1 Å². The maximum Gasteiger partial charge on any atom is 0.408 e. The average Bonchev–Trinajstić information content (AvgIpc) is 1.98. The molecule has 0 aliphatic carbocycles. The summed E-state index contributed by atoms with van der Waals surface area (Å²) in [6, 6.07) is -0.306. The lowest BCUT2D eigenvalue weighted by Gasteiger charge is -2.22. The molecule has 0 aromatic carbocycles. The molecule has 0 saturated heterocycles. The van der Waals surface area contributed by atoms with Crippen molar-refractivity contribution in [2.75, 3.05) is 0 Å². The SMILES string of the molecule is CC(C)C[C@@H](/C=N/O)NC(=O)OC(C)(C)C. The summed E-state index contributed by atoms with van der Waals surface area (Å²) in [4.78, 5) is 11.4. The van der Waals surface area contributed by atoms with Crippen LogP contribution < -0.4 is 5.32 Å². The fourth-order valence-corrected chi connectivity index (χ4v) is 1.20. The standard InChI is InChI=1S/C11H22N2O3/c1-8(2)6-9(7-12-15)13-10(14)16-11(3,4)5/h7-9,15H,6H2,1-5H3,(H,13,14)/b12-7+/t9-/m0/s1. The Hall–Kier alpha value is -1.26. The lowest BCUT2D eigenvalue weighted by atomic mass is 10.1. The fourth-order valence-electron chi connectivity index (χ4n) is 1.20. The second-order valence-electron chi connectivity index (χ2n) is 5.15. The van der Waals surface area contributed by atoms with E-state index in [2.05, 4.69) is 10.5 Å². The normalized spacial score (nSPS) is 14.1. The van der Waals surface area contributed by atoms with Gasteiger partial charge < -0.3 is 15.3 Å². The summed E-state index contributed by atoms with van der Waals surface area (Å²) in [7, 11) is 0. The lowest BCUT2D eigenvalue weighted by molar-refractivity contribution is 0.0515. The number of carbonyl (C=O) groups excluding carboxylic acids is 1. The van der Waals surface area contributed by atoms with Gasteiger partial charge in [0.15, 0.2) is 0 Å². The minimum atomic E-state index is -0.525. The van der Waals surface area contributed by atoms with Crippen LogP contribution in [-0.2, 0) is 4.74 Å². The van der Waals surface area contributed by atoms with E-state index in [9.17, 15) is 4.79 Å². The van der Waals surface area contributed by atoms with Crippen LogP contribution in [0.2, 0.25) is 0 Å². The Morgan fingerprint density at radius 2 is 2.06 bits per heavy atom. The first-order valence-electron chi connectivity index (χ1n) is 5.41. The summed E-state index contributed by atoms with van der Waals surface area (Å²) in [6.45, 7) is 9.43. The van der Waals surface area contributed by atoms with E-state index in [0.717, 1.165) is 0 Å². The number of ether oxygens (including phenoxy) is 1. The highest BCUT2D eigenvalue weighted by Crippen LogP contribution is 2.08. The molecule has 2 N–H and O–H groups in total. The first kappa shape index (κ1) is 14.7. The number of nitrogens with one attached hydrogen (secondary N) is 1. The van der Waals surface area contributed by atoms with E-state index in [-0.39, 0.29) is 6.04 Å². The largest absolute Gasteiger partial charge is 0.444 e. The van der Waals surface area contributed by atoms with Crippen molar-refractivity contribution < 1.29 is 14.7 Å². The molecule has 0 heterocycles. The van der Waals surface area contributed by atoms with E-state index < -0.39 is 11.7 Å². The molecule has 0 aromatic rings. The second-order valence-corrected chi connectivity index (χ2v) is 5.15. The molecule has 0 spiro atoms. The van der Waals surface area contributed by atoms with E-state index in [0.29, 0.717) is 12.3 Å². The Labute approximate surface area is 96.9 Å². The molecule has 0 aliphatic rings. The number of oxime groups is 1. The molecule has 1 atom stereocenters. The molecule has 0 fully saturated rings. The van der Waals surface area contributed by atoms with Crippen LogP contribution in [0.4, 0.5) is 4.79 Å². The third kappa shape index (κ3) is 8.08. The van der Waals surface area contributed by atoms with Gasteiger partial charge in [-0.25, -0.2) is 4.79 Å². The van der Waals surface area contributed by atoms with Gasteiger partial charge in [0.25, 0.3) is 0 Å². The molecule has 0 rings (SSSR count). The zero-order valence-electron chi connectivity index (χ0n) is 10.7. The van der Waals surface area contributed by atoms with E-state index in [1.54, 1.807) is 20.8 Å². The summed E-state index contributed by atoms with van der Waals surface area (Å²) < 4.78 is 5.10. The number of carbonyl (C=O) groups is 1. The van der Waals surface area contributed by atoms with Gasteiger partial charge in [0.05, 0.1) is 12.3 Å². The highest BCUT2D eigenvalue weighted by Gasteiger charge is 2.19. The van der Waals surface area contributed by atoms with Crippen molar-refractivity contribution in [3.05, 3.63) is 0 Å². The van der Waals surface area contributed by atoms with Crippen LogP contribution in [0.15, 0.2) is 5.16 Å². The van der Waals surface area contributed by atoms with E-state index >= 15 is 0 Å². The Balaban J connectivity index is 4.24. The predicted octanol–water partition coefficient (Wildman–Crippen LogP) is 2.39. The molecule has 0 aromatic heterocycles. The van der Waals surface area contributed by atoms with Crippen molar-refractivity contribution in [1.82, 2.24) is 5.32 Å². The molecule has 5 nitrogen and oxygen atoms in total. The van der Waals surface area contributed by atoms with E-state index in [1.165, 1.54) is 6.21 Å². The first-order chi connectivity index (χ1) is 7.24. The Morgan fingerprint density at radius 3 is 2.44 bits per heavy atom. The average molecular weight is 230 g/mol. The van der Waals surface area contributed by atoms with Gasteiger partial charge in [-0.3, -0.25) is 0 Å². The highest BCUT2D eigenvalue weighted by atomic mass is 16.6. The summed E-state index contributed by atoms with van der Waals surface area (Å²) in [5, 5.41) is 14.1. The van der Waals surface area contributed by atoms with E-state index in [4.69, 9.17) is 9.94 Å². The fraction of sp³-hybridized carbons (Fsp3) is 0.818. The van der Waals surface area contributed by atoms with Gasteiger partial charge in [-0.1, -0.05) is 19.0 Å². The van der Waals surface area contributed by atoms with Crippen molar-refractivity contribution in [1.29, 1.82) is 0 Å². The van der Waals surface area contributed by atoms with Gasteiger partial charge >= 0.3 is 6.09 Å². The van der Waals surface area contributed by atoms with Gasteiger partial charge in [0.2, 0.25) is 0 Å². The van der Waals surface area contributed by atoms with Crippen LogP contribution in [0, 0.1) is 5.92 Å². The number of nitrogens with zero attached hydrogens (tertiary/aromatic N) is 1. The molecule has 0 bridgehead atoms. The van der Waals surface area contributed by atoms with Crippen LogP contribution in [0.1, 0.15) is 41.0 Å². The number of amides is 1. The summed E-state index contributed by atoms with van der Waals surface area (Å²) in [5.74, 6) is 0.387. The van der Waals surface area contributed by atoms with Crippen molar-refractivity contribution in [2.45, 2.75) is 52.7 Å². The van der Waals surface area contributed by atoms with E-state index in [1.807, 2.05) is 13.8 Å². The van der Waals surface area contributed by atoms with Crippen molar-refractivity contribution in [3.63, 3.8) is 0 Å². The molecule has 94 valence electrons. The molecule has 5 heteroatoms. The van der Waals surface area contributed by atoms with Crippen LogP contribution in [-0.4, -0.2) is 29.2 Å². The topological polar surface area (TPSA) is 70.9 Å². The van der Waals surface area contributed by atoms with Gasteiger partial charge in [-0.2, -0.15) is 0 Å². The van der Waals surface area contributed by atoms with Crippen LogP contribution in [0.3, 0.4) is 0 Å². The number of alkyl carbamates (subject to hydrolysis) is 1. The highest BCUT2D eigenvalue weighted by molar-refractivity contribution is 5.75. The smallest absolute Gasteiger partial charge is 0.408 e. The lowest BCUT2D eigenvalue weighted by Crippen LogP contribution is -2.40. The van der Waals surface area contributed by atoms with Crippen molar-refractivity contribution in [3.8, 4) is 0 Å². The minimum absolute atomic E-state index is 0.306. The first-order valence-corrected chi connectivity index (χ1v) is 5.41. The van der Waals surface area contributed by atoms with Crippen LogP contribution >= 0.6 is 0 Å². The Morgan fingerprint density at radius 1 is 1.50 bits per heavy atom. The van der Waals surface area contributed by atoms with Crippen molar-refractivity contribution >= 4 is 12.3 Å². The minimum Gasteiger partial charge on any atom is -0.444 e. The molecule has 0 aliphatic heterocycles. The van der Waals surface area contributed by atoms with Gasteiger partial charge in [0, 0.05) is 0 Å². The number of rotatable bonds is 4. The molecular weight excluding hydrogens is 208 g/mol. The number of hydrogen-bond acceptors (Lipinski definition) is 4. The maximum absolute atomic E-state index is 11.4. The number of hydrogen-bond donors (Lipinski definition) is 2. The Bertz CT molecular complexity index is 244. The van der Waals surface area contributed by atoms with Crippen LogP contribution in [0.5, 0.6) is 0 Å². The zero-order chi connectivity index (χ0) is 12.8. The second kappa shape index (κ2) is 6.35. The summed E-state index contributed by atoms with van der Waals surface area (Å²) in [5.41, 5.74) is -0.525. The molecule has 16 heavy (non-hydrogen) atoms. The summed E-state index contributed by atoms with van der Waals surface area (Å²) in [6.07, 6.45) is 1.49. The van der Waals surface area contributed by atoms with Crippen LogP contribution in [0.25, 0.3) is 0 Å². The molecular formula is C11H22N2O3. The maximum atomic E-state index is 11.4. The van der Waals surface area contributed by atoms with Gasteiger partial charge in [-0.15, -0.1) is 0 Å². The molecule has 0 radical (unpaired) electrons. The molecule has 0 saturated carbocycles. The Kier molecular flexibility index (Phi) is 5.85.